The summed E-state index contributed by atoms with van der Waals surface area (Å²) >= 11 is 1.36. The number of rotatable bonds is 6. The zero-order chi connectivity index (χ0) is 20.4. The van der Waals surface area contributed by atoms with E-state index in [-0.39, 0.29) is 4.90 Å². The molecule has 154 valence electrons. The zero-order valence-corrected chi connectivity index (χ0v) is 18.2. The highest BCUT2D eigenvalue weighted by Gasteiger charge is 2.18. The summed E-state index contributed by atoms with van der Waals surface area (Å²) in [6.45, 7) is 5.51. The van der Waals surface area contributed by atoms with E-state index in [1.165, 1.54) is 41.9 Å². The van der Waals surface area contributed by atoms with Crippen molar-refractivity contribution in [3.05, 3.63) is 48.0 Å². The Balaban J connectivity index is 1.49. The van der Waals surface area contributed by atoms with Crippen LogP contribution in [0.2, 0.25) is 0 Å². The average molecular weight is 432 g/mol. The van der Waals surface area contributed by atoms with E-state index in [4.69, 9.17) is 4.74 Å². The topological polar surface area (TPSA) is 71.5 Å². The Morgan fingerprint density at radius 1 is 1.17 bits per heavy atom. The zero-order valence-electron chi connectivity index (χ0n) is 16.6. The Morgan fingerprint density at radius 2 is 1.90 bits per heavy atom. The van der Waals surface area contributed by atoms with Gasteiger partial charge in [-0.25, -0.2) is 13.4 Å². The first-order chi connectivity index (χ1) is 13.9. The number of ether oxygens (including phenoxy) is 1. The number of aromatic nitrogens is 1. The highest BCUT2D eigenvalue weighted by atomic mass is 32.2. The first-order valence-electron chi connectivity index (χ1n) is 9.71. The molecule has 6 nitrogen and oxygen atoms in total. The van der Waals surface area contributed by atoms with Gasteiger partial charge >= 0.3 is 0 Å². The van der Waals surface area contributed by atoms with E-state index in [1.807, 2.05) is 6.07 Å². The number of methoxy groups -OCH3 is 1. The van der Waals surface area contributed by atoms with Crippen LogP contribution in [0.1, 0.15) is 25.3 Å². The molecule has 0 aliphatic carbocycles. The van der Waals surface area contributed by atoms with Gasteiger partial charge in [-0.05, 0) is 73.8 Å². The molecule has 1 saturated heterocycles. The van der Waals surface area contributed by atoms with Crippen LogP contribution in [0.15, 0.2) is 47.4 Å². The summed E-state index contributed by atoms with van der Waals surface area (Å²) in [5.74, 6) is 1.43. The summed E-state index contributed by atoms with van der Waals surface area (Å²) in [6, 6.07) is 12.5. The number of benzene rings is 2. The van der Waals surface area contributed by atoms with Crippen molar-refractivity contribution in [3.63, 3.8) is 0 Å². The monoisotopic (exact) mass is 431 g/mol. The molecule has 0 atom stereocenters. The lowest BCUT2D eigenvalue weighted by molar-refractivity contribution is 0.185. The van der Waals surface area contributed by atoms with Crippen molar-refractivity contribution < 1.29 is 13.2 Å². The standard InChI is InChI=1S/C21H25N3O3S2/c1-15-9-11-24(12-10-15)14-16-3-8-19-20(13-16)28-21(22-19)23-29(25,26)18-6-4-17(27-2)5-7-18/h3-8,13,15H,9-12,14H2,1-2H3,(H,22,23). The Morgan fingerprint density at radius 3 is 2.59 bits per heavy atom. The van der Waals surface area contributed by atoms with Crippen LogP contribution in [0.25, 0.3) is 10.2 Å². The maximum atomic E-state index is 12.6. The number of fused-ring (bicyclic) bond motifs is 1. The molecule has 29 heavy (non-hydrogen) atoms. The summed E-state index contributed by atoms with van der Waals surface area (Å²) < 4.78 is 33.9. The van der Waals surface area contributed by atoms with Gasteiger partial charge in [0.25, 0.3) is 10.0 Å². The van der Waals surface area contributed by atoms with E-state index >= 15 is 0 Å². The van der Waals surface area contributed by atoms with E-state index in [9.17, 15) is 8.42 Å². The van der Waals surface area contributed by atoms with Gasteiger partial charge in [0, 0.05) is 6.54 Å². The van der Waals surface area contributed by atoms with Gasteiger partial charge in [0.1, 0.15) is 5.75 Å². The molecule has 0 bridgehead atoms. The summed E-state index contributed by atoms with van der Waals surface area (Å²) in [5.41, 5.74) is 2.04. The molecule has 0 radical (unpaired) electrons. The predicted octanol–water partition coefficient (Wildman–Crippen LogP) is 4.34. The molecule has 1 fully saturated rings. The quantitative estimate of drug-likeness (QED) is 0.629. The number of thiazole rings is 1. The molecule has 1 aliphatic rings. The first kappa shape index (κ1) is 20.1. The third-order valence-electron chi connectivity index (χ3n) is 5.33. The van der Waals surface area contributed by atoms with Gasteiger partial charge in [-0.2, -0.15) is 0 Å². The van der Waals surface area contributed by atoms with E-state index in [1.54, 1.807) is 19.2 Å². The molecule has 0 spiro atoms. The molecule has 0 amide bonds. The minimum atomic E-state index is -3.69. The van der Waals surface area contributed by atoms with Crippen LogP contribution in [0, 0.1) is 5.92 Å². The molecular weight excluding hydrogens is 406 g/mol. The van der Waals surface area contributed by atoms with Crippen molar-refractivity contribution in [1.29, 1.82) is 0 Å². The number of nitrogens with one attached hydrogen (secondary N) is 1. The van der Waals surface area contributed by atoms with Crippen molar-refractivity contribution in [2.75, 3.05) is 24.9 Å². The van der Waals surface area contributed by atoms with Gasteiger partial charge < -0.3 is 4.74 Å². The van der Waals surface area contributed by atoms with Crippen LogP contribution >= 0.6 is 11.3 Å². The van der Waals surface area contributed by atoms with Gasteiger partial charge in [0.15, 0.2) is 5.13 Å². The number of anilines is 1. The van der Waals surface area contributed by atoms with E-state index in [0.29, 0.717) is 10.9 Å². The molecule has 3 aromatic rings. The lowest BCUT2D eigenvalue weighted by atomic mass is 9.99. The van der Waals surface area contributed by atoms with Crippen LogP contribution in [0.3, 0.4) is 0 Å². The molecule has 4 rings (SSSR count). The van der Waals surface area contributed by atoms with Crippen molar-refractivity contribution >= 4 is 36.7 Å². The fraction of sp³-hybridized carbons (Fsp3) is 0.381. The number of piperidine rings is 1. The molecule has 0 unspecified atom stereocenters. The normalized spacial score (nSPS) is 16.2. The molecule has 2 aromatic carbocycles. The van der Waals surface area contributed by atoms with Gasteiger partial charge in [0.2, 0.25) is 0 Å². The molecule has 8 heteroatoms. The molecule has 0 saturated carbocycles. The third-order valence-corrected chi connectivity index (χ3v) is 7.74. The molecule has 1 N–H and O–H groups in total. The molecule has 1 aromatic heterocycles. The number of hydrogen-bond acceptors (Lipinski definition) is 6. The van der Waals surface area contributed by atoms with Gasteiger partial charge in [-0.3, -0.25) is 9.62 Å². The van der Waals surface area contributed by atoms with Crippen LogP contribution in [-0.2, 0) is 16.6 Å². The minimum absolute atomic E-state index is 0.178. The number of hydrogen-bond donors (Lipinski definition) is 1. The lowest BCUT2D eigenvalue weighted by Crippen LogP contribution is -2.32. The number of likely N-dealkylation sites (tertiary alicyclic amines) is 1. The maximum Gasteiger partial charge on any atom is 0.263 e. The lowest BCUT2D eigenvalue weighted by Gasteiger charge is -2.30. The average Bonchev–Trinajstić information content (AvgIpc) is 3.10. The first-order valence-corrected chi connectivity index (χ1v) is 12.0. The van der Waals surface area contributed by atoms with Crippen molar-refractivity contribution in [2.24, 2.45) is 5.92 Å². The maximum absolute atomic E-state index is 12.6. The van der Waals surface area contributed by atoms with Gasteiger partial charge in [-0.15, -0.1) is 0 Å². The van der Waals surface area contributed by atoms with E-state index in [2.05, 4.69) is 33.7 Å². The number of nitrogens with zero attached hydrogens (tertiary/aromatic N) is 2. The number of sulfonamides is 1. The van der Waals surface area contributed by atoms with Crippen molar-refractivity contribution in [3.8, 4) is 5.75 Å². The largest absolute Gasteiger partial charge is 0.497 e. The van der Waals surface area contributed by atoms with E-state index < -0.39 is 10.0 Å². The Labute approximate surface area is 175 Å². The smallest absolute Gasteiger partial charge is 0.263 e. The second kappa shape index (κ2) is 8.30. The van der Waals surface area contributed by atoms with Gasteiger partial charge in [0.05, 0.1) is 22.2 Å². The summed E-state index contributed by atoms with van der Waals surface area (Å²) in [4.78, 5) is 7.10. The van der Waals surface area contributed by atoms with Crippen LogP contribution < -0.4 is 9.46 Å². The summed E-state index contributed by atoms with van der Waals surface area (Å²) in [5, 5.41) is 0.375. The van der Waals surface area contributed by atoms with E-state index in [0.717, 1.165) is 35.8 Å². The summed E-state index contributed by atoms with van der Waals surface area (Å²) in [7, 11) is -2.15. The SMILES string of the molecule is COc1ccc(S(=O)(=O)Nc2nc3ccc(CN4CCC(C)CC4)cc3s2)cc1. The predicted molar refractivity (Wildman–Crippen MR) is 117 cm³/mol. The molecule has 1 aliphatic heterocycles. The minimum Gasteiger partial charge on any atom is -0.497 e. The van der Waals surface area contributed by atoms with Crippen molar-refractivity contribution in [2.45, 2.75) is 31.2 Å². The fourth-order valence-corrected chi connectivity index (χ4v) is 5.68. The summed E-state index contributed by atoms with van der Waals surface area (Å²) in [6.07, 6.45) is 2.50. The van der Waals surface area contributed by atoms with Crippen LogP contribution in [-0.4, -0.2) is 38.5 Å². The highest BCUT2D eigenvalue weighted by Crippen LogP contribution is 2.29. The Bertz CT molecular complexity index is 1090. The third kappa shape index (κ3) is 4.71. The second-order valence-corrected chi connectivity index (χ2v) is 10.3. The van der Waals surface area contributed by atoms with Gasteiger partial charge in [-0.1, -0.05) is 24.3 Å². The highest BCUT2D eigenvalue weighted by molar-refractivity contribution is 7.93. The second-order valence-electron chi connectivity index (χ2n) is 7.56. The van der Waals surface area contributed by atoms with Crippen molar-refractivity contribution in [1.82, 2.24) is 9.88 Å². The fourth-order valence-electron chi connectivity index (χ4n) is 3.52. The Hall–Kier alpha value is -2.16. The molecular formula is C21H25N3O3S2. The Kier molecular flexibility index (Phi) is 5.76. The van der Waals surface area contributed by atoms with Crippen LogP contribution in [0.5, 0.6) is 5.75 Å². The molecule has 2 heterocycles. The van der Waals surface area contributed by atoms with Crippen LogP contribution in [0.4, 0.5) is 5.13 Å².